The average molecular weight is 753 g/mol. The Balaban J connectivity index is 0.944. The van der Waals surface area contributed by atoms with Gasteiger partial charge in [0.15, 0.2) is 0 Å². The van der Waals surface area contributed by atoms with E-state index in [2.05, 4.69) is 173 Å². The molecule has 7 aromatic carbocycles. The van der Waals surface area contributed by atoms with Gasteiger partial charge in [0.25, 0.3) is 0 Å². The van der Waals surface area contributed by atoms with Crippen LogP contribution < -0.4 is 10.6 Å². The molecule has 5 nitrogen and oxygen atoms in total. The number of para-hydroxylation sites is 2. The summed E-state index contributed by atoms with van der Waals surface area (Å²) in [4.78, 5) is 5.12. The predicted octanol–water partition coefficient (Wildman–Crippen LogP) is 12.9. The molecule has 0 saturated heterocycles. The maximum absolute atomic E-state index is 6.85. The maximum Gasteiger partial charge on any atom is 0.143 e. The minimum atomic E-state index is -0.181. The van der Waals surface area contributed by atoms with Gasteiger partial charge >= 0.3 is 0 Å². The van der Waals surface area contributed by atoms with Crippen molar-refractivity contribution in [2.75, 3.05) is 0 Å². The molecule has 2 atom stereocenters. The van der Waals surface area contributed by atoms with Gasteiger partial charge in [0.2, 0.25) is 0 Å². The number of aliphatic imine (C=N–C) groups is 1. The molecular formula is C51H36N4OS. The molecule has 57 heavy (non-hydrogen) atoms. The van der Waals surface area contributed by atoms with Gasteiger partial charge in [0, 0.05) is 64.9 Å². The highest BCUT2D eigenvalue weighted by Crippen LogP contribution is 2.42. The predicted molar refractivity (Wildman–Crippen MR) is 237 cm³/mol. The summed E-state index contributed by atoms with van der Waals surface area (Å²) < 4.78 is 11.8. The summed E-state index contributed by atoms with van der Waals surface area (Å²) in [5, 5.41) is 13.6. The summed E-state index contributed by atoms with van der Waals surface area (Å²) in [5.74, 6) is 0.884. The van der Waals surface area contributed by atoms with Crippen LogP contribution in [0.1, 0.15) is 46.7 Å². The molecule has 1 aliphatic carbocycles. The summed E-state index contributed by atoms with van der Waals surface area (Å²) in [7, 11) is 0. The summed E-state index contributed by atoms with van der Waals surface area (Å²) in [6, 6.07) is 56.6. The van der Waals surface area contributed by atoms with Crippen LogP contribution in [0.5, 0.6) is 0 Å². The molecule has 272 valence electrons. The van der Waals surface area contributed by atoms with E-state index in [0.717, 1.165) is 68.6 Å². The standard InChI is InChI=1S/C51H36N4OS/c1-3-12-31(13-4-1)49-52-50(32-14-5-2-6-15-32)54-51(53-49)34-23-27-47-42(29-34)41-28-33(22-26-46(41)57-47)36-18-11-19-40-39-25-24-35(30-45(39)56-48(36)40)55-43-20-9-7-16-37(43)38-17-8-10-21-44(38)55/h1-7,9-16,18-30,49,51,53H,8,17H2,(H,52,54). The van der Waals surface area contributed by atoms with Gasteiger partial charge < -0.3 is 14.3 Å². The van der Waals surface area contributed by atoms with Crippen LogP contribution in [0, 0.1) is 0 Å². The van der Waals surface area contributed by atoms with Crippen molar-refractivity contribution in [3.8, 4) is 16.8 Å². The minimum absolute atomic E-state index is 0.134. The SMILES string of the molecule is C1=Cc2c(c3ccccc3n2-c2ccc3c(c2)oc2c(-c4ccc5sc6ccc(C7NC(c8ccccc8)=NC(c8ccccc8)N7)cc6c5c4)cccc23)CC1. The molecule has 0 amide bonds. The third-order valence-electron chi connectivity index (χ3n) is 11.8. The van der Waals surface area contributed by atoms with Crippen molar-refractivity contribution in [3.05, 3.63) is 192 Å². The molecule has 0 bridgehead atoms. The van der Waals surface area contributed by atoms with Gasteiger partial charge in [-0.3, -0.25) is 5.32 Å². The summed E-state index contributed by atoms with van der Waals surface area (Å²) in [5.41, 5.74) is 12.5. The molecule has 2 aliphatic rings. The number of nitrogens with one attached hydrogen (secondary N) is 2. The number of allylic oxidation sites excluding steroid dienone is 1. The number of hydrogen-bond acceptors (Lipinski definition) is 5. The second-order valence-corrected chi connectivity index (χ2v) is 16.2. The molecule has 6 heteroatoms. The second kappa shape index (κ2) is 12.9. The van der Waals surface area contributed by atoms with Crippen LogP contribution in [-0.4, -0.2) is 10.4 Å². The van der Waals surface area contributed by atoms with Crippen LogP contribution in [-0.2, 0) is 6.42 Å². The molecule has 0 radical (unpaired) electrons. The fourth-order valence-corrected chi connectivity index (χ4v) is 10.1. The van der Waals surface area contributed by atoms with Crippen molar-refractivity contribution in [1.29, 1.82) is 0 Å². The highest BCUT2D eigenvalue weighted by molar-refractivity contribution is 7.25. The third-order valence-corrected chi connectivity index (χ3v) is 12.9. The molecular weight excluding hydrogens is 717 g/mol. The summed E-state index contributed by atoms with van der Waals surface area (Å²) in [6.07, 6.45) is 6.40. The van der Waals surface area contributed by atoms with Gasteiger partial charge in [0.05, 0.1) is 5.52 Å². The number of aromatic nitrogens is 1. The van der Waals surface area contributed by atoms with E-state index in [1.54, 1.807) is 0 Å². The van der Waals surface area contributed by atoms with E-state index in [1.165, 1.54) is 47.9 Å². The first kappa shape index (κ1) is 32.5. The Labute approximate surface area is 333 Å². The fraction of sp³-hybridized carbons (Fsp3) is 0.0784. The Morgan fingerprint density at radius 1 is 0.632 bits per heavy atom. The molecule has 2 unspecified atom stereocenters. The van der Waals surface area contributed by atoms with Gasteiger partial charge in [-0.1, -0.05) is 115 Å². The Morgan fingerprint density at radius 3 is 2.32 bits per heavy atom. The number of fused-ring (bicyclic) bond motifs is 9. The average Bonchev–Trinajstić information content (AvgIpc) is 3.95. The number of benzene rings is 7. The zero-order valence-corrected chi connectivity index (χ0v) is 31.8. The van der Waals surface area contributed by atoms with E-state index < -0.39 is 0 Å². The van der Waals surface area contributed by atoms with Crippen molar-refractivity contribution in [1.82, 2.24) is 15.2 Å². The van der Waals surface area contributed by atoms with Crippen LogP contribution in [0.15, 0.2) is 173 Å². The van der Waals surface area contributed by atoms with E-state index in [4.69, 9.17) is 9.41 Å². The van der Waals surface area contributed by atoms with Gasteiger partial charge in [-0.25, -0.2) is 4.99 Å². The van der Waals surface area contributed by atoms with Gasteiger partial charge in [-0.05, 0) is 83.6 Å². The molecule has 12 rings (SSSR count). The normalized spacial score (nSPS) is 16.7. The minimum Gasteiger partial charge on any atom is -0.455 e. The lowest BCUT2D eigenvalue weighted by atomic mass is 9.99. The van der Waals surface area contributed by atoms with Crippen molar-refractivity contribution < 1.29 is 4.42 Å². The molecule has 2 N–H and O–H groups in total. The fourth-order valence-electron chi connectivity index (χ4n) is 9.04. The Morgan fingerprint density at radius 2 is 1.42 bits per heavy atom. The Bertz CT molecular complexity index is 3260. The van der Waals surface area contributed by atoms with Crippen molar-refractivity contribution >= 4 is 76.3 Å². The maximum atomic E-state index is 6.85. The van der Waals surface area contributed by atoms with Gasteiger partial charge in [-0.15, -0.1) is 11.3 Å². The van der Waals surface area contributed by atoms with E-state index in [9.17, 15) is 0 Å². The second-order valence-electron chi connectivity index (χ2n) is 15.1. The highest BCUT2D eigenvalue weighted by atomic mass is 32.1. The van der Waals surface area contributed by atoms with E-state index in [1.807, 2.05) is 23.5 Å². The number of aryl methyl sites for hydroxylation is 1. The van der Waals surface area contributed by atoms with Crippen molar-refractivity contribution in [2.45, 2.75) is 25.2 Å². The van der Waals surface area contributed by atoms with Crippen LogP contribution in [0.4, 0.5) is 0 Å². The number of hydrogen-bond donors (Lipinski definition) is 2. The summed E-state index contributed by atoms with van der Waals surface area (Å²) >= 11 is 1.84. The van der Waals surface area contributed by atoms with Crippen molar-refractivity contribution in [2.24, 2.45) is 4.99 Å². The molecule has 0 spiro atoms. The molecule has 3 aromatic heterocycles. The van der Waals surface area contributed by atoms with Crippen LogP contribution in [0.25, 0.3) is 75.9 Å². The molecule has 0 saturated carbocycles. The number of furan rings is 1. The first-order chi connectivity index (χ1) is 28.2. The topological polar surface area (TPSA) is 54.5 Å². The Hall–Kier alpha value is -6.73. The number of nitrogens with zero attached hydrogens (tertiary/aromatic N) is 2. The number of thiophene rings is 1. The van der Waals surface area contributed by atoms with Crippen LogP contribution in [0.3, 0.4) is 0 Å². The van der Waals surface area contributed by atoms with E-state index >= 15 is 0 Å². The first-order valence-corrected chi connectivity index (χ1v) is 20.5. The van der Waals surface area contributed by atoms with Crippen molar-refractivity contribution in [3.63, 3.8) is 0 Å². The molecule has 10 aromatic rings. The first-order valence-electron chi connectivity index (χ1n) is 19.7. The Kier molecular flexibility index (Phi) is 7.37. The smallest absolute Gasteiger partial charge is 0.143 e. The molecule has 1 aliphatic heterocycles. The molecule has 0 fully saturated rings. The highest BCUT2D eigenvalue weighted by Gasteiger charge is 2.26. The lowest BCUT2D eigenvalue weighted by Gasteiger charge is -2.32. The van der Waals surface area contributed by atoms with Crippen LogP contribution in [0.2, 0.25) is 0 Å². The van der Waals surface area contributed by atoms with Gasteiger partial charge in [-0.2, -0.15) is 0 Å². The zero-order valence-electron chi connectivity index (χ0n) is 30.9. The molecule has 4 heterocycles. The number of rotatable bonds is 5. The lowest BCUT2D eigenvalue weighted by molar-refractivity contribution is 0.409. The van der Waals surface area contributed by atoms with Crippen LogP contribution >= 0.6 is 11.3 Å². The summed E-state index contributed by atoms with van der Waals surface area (Å²) in [6.45, 7) is 0. The van der Waals surface area contributed by atoms with E-state index in [-0.39, 0.29) is 12.3 Å². The zero-order chi connectivity index (χ0) is 37.5. The van der Waals surface area contributed by atoms with Gasteiger partial charge in [0.1, 0.15) is 29.3 Å². The number of amidine groups is 1. The largest absolute Gasteiger partial charge is 0.455 e. The lowest BCUT2D eigenvalue weighted by Crippen LogP contribution is -2.44. The van der Waals surface area contributed by atoms with E-state index in [0.29, 0.717) is 0 Å². The quantitative estimate of drug-likeness (QED) is 0.184. The monoisotopic (exact) mass is 752 g/mol. The third kappa shape index (κ3) is 5.29.